The van der Waals surface area contributed by atoms with Gasteiger partial charge in [0, 0.05) is 27.5 Å². The lowest BCUT2D eigenvalue weighted by molar-refractivity contribution is 1.20. The first-order valence-electron chi connectivity index (χ1n) is 17.0. The van der Waals surface area contributed by atoms with Gasteiger partial charge in [-0.1, -0.05) is 147 Å². The van der Waals surface area contributed by atoms with Crippen molar-refractivity contribution in [2.24, 2.45) is 0 Å². The van der Waals surface area contributed by atoms with Gasteiger partial charge in [0.1, 0.15) is 0 Å². The molecule has 3 heteroatoms. The molecule has 7 aromatic carbocycles. The van der Waals surface area contributed by atoms with Crippen molar-refractivity contribution in [3.05, 3.63) is 137 Å². The molecule has 0 radical (unpaired) electrons. The number of hydrogen-bond donors (Lipinski definition) is 0. The van der Waals surface area contributed by atoms with Crippen LogP contribution < -0.4 is 32.8 Å². The highest BCUT2D eigenvalue weighted by Crippen LogP contribution is 2.41. The van der Waals surface area contributed by atoms with E-state index in [0.29, 0.717) is 0 Å². The molecule has 1 nitrogen and oxygen atoms in total. The lowest BCUT2D eigenvalue weighted by Gasteiger charge is -2.36. The van der Waals surface area contributed by atoms with E-state index in [2.05, 4.69) is 149 Å². The predicted molar refractivity (Wildman–Crippen MR) is 206 cm³/mol. The van der Waals surface area contributed by atoms with Crippen LogP contribution in [0, 0.1) is 41.5 Å². The normalized spacial score (nSPS) is 13.2. The molecule has 2 aliphatic rings. The molecule has 0 spiro atoms. The molecule has 0 amide bonds. The van der Waals surface area contributed by atoms with E-state index in [4.69, 9.17) is 0 Å². The molecule has 8 aromatic rings. The Balaban J connectivity index is 1.51. The molecule has 0 N–H and O–H groups in total. The van der Waals surface area contributed by atoms with Crippen LogP contribution in [0.15, 0.2) is 103 Å². The average molecular weight is 599 g/mol. The Morgan fingerprint density at radius 3 is 1.26 bits per heavy atom. The molecule has 1 aromatic heterocycles. The van der Waals surface area contributed by atoms with Crippen LogP contribution in [-0.2, 0) is 0 Å². The van der Waals surface area contributed by atoms with E-state index in [0.717, 1.165) is 0 Å². The number of hydrogen-bond acceptors (Lipinski definition) is 0. The lowest BCUT2D eigenvalue weighted by Crippen LogP contribution is -2.64. The number of aryl methyl sites for hydroxylation is 6. The zero-order valence-corrected chi connectivity index (χ0v) is 27.9. The molecule has 0 fully saturated rings. The monoisotopic (exact) mass is 599 g/mol. The Hall–Kier alpha value is -5.01. The Kier molecular flexibility index (Phi) is 5.36. The van der Waals surface area contributed by atoms with E-state index in [1.165, 1.54) is 115 Å². The minimum atomic E-state index is 0.142. The first-order valence-corrected chi connectivity index (χ1v) is 17.0. The second-order valence-electron chi connectivity index (χ2n) is 14.4. The minimum Gasteiger partial charge on any atom is -0.311 e. The van der Waals surface area contributed by atoms with Crippen LogP contribution >= 0.6 is 0 Å². The molecule has 0 unspecified atom stereocenters. The van der Waals surface area contributed by atoms with Gasteiger partial charge in [-0.15, -0.1) is 0 Å². The number of nitrogens with zero attached hydrogens (tertiary/aromatic N) is 1. The second-order valence-corrected chi connectivity index (χ2v) is 14.4. The number of para-hydroxylation sites is 1. The van der Waals surface area contributed by atoms with Crippen LogP contribution in [0.3, 0.4) is 0 Å². The van der Waals surface area contributed by atoms with E-state index in [1.807, 2.05) is 0 Å². The summed E-state index contributed by atoms with van der Waals surface area (Å²) >= 11 is 0. The smallest absolute Gasteiger partial charge is 0.247 e. The topological polar surface area (TPSA) is 4.93 Å². The van der Waals surface area contributed by atoms with Crippen molar-refractivity contribution in [1.29, 1.82) is 0 Å². The largest absolute Gasteiger partial charge is 0.311 e. The van der Waals surface area contributed by atoms with Gasteiger partial charge in [-0.3, -0.25) is 0 Å². The first-order chi connectivity index (χ1) is 22.8. The Labute approximate surface area is 277 Å². The highest BCUT2D eigenvalue weighted by Gasteiger charge is 2.43. The number of rotatable bonds is 2. The molecule has 0 saturated carbocycles. The second kappa shape index (κ2) is 9.29. The summed E-state index contributed by atoms with van der Waals surface area (Å²) in [5, 5.41) is 8.12. The maximum absolute atomic E-state index is 2.70. The van der Waals surface area contributed by atoms with Crippen LogP contribution in [-0.4, -0.2) is 18.0 Å². The average Bonchev–Trinajstić information content (AvgIpc) is 3.41. The van der Waals surface area contributed by atoms with E-state index >= 15 is 0 Å². The lowest BCUT2D eigenvalue weighted by atomic mass is 9.30. The molecular formula is C44H35B2N. The van der Waals surface area contributed by atoms with E-state index in [9.17, 15) is 0 Å². The van der Waals surface area contributed by atoms with Crippen LogP contribution in [0.25, 0.3) is 49.0 Å². The maximum atomic E-state index is 2.70. The van der Waals surface area contributed by atoms with Crippen molar-refractivity contribution in [3.63, 3.8) is 0 Å². The molecule has 0 bridgehead atoms. The van der Waals surface area contributed by atoms with E-state index in [-0.39, 0.29) is 13.4 Å². The van der Waals surface area contributed by atoms with Crippen molar-refractivity contribution in [2.45, 2.75) is 41.5 Å². The fraction of sp³-hybridized carbons (Fsp3) is 0.136. The van der Waals surface area contributed by atoms with Crippen LogP contribution in [0.4, 0.5) is 0 Å². The Bertz CT molecular complexity index is 2480. The predicted octanol–water partition coefficient (Wildman–Crippen LogP) is 6.60. The van der Waals surface area contributed by atoms with Gasteiger partial charge in [0.2, 0.25) is 13.4 Å². The summed E-state index contributed by atoms with van der Waals surface area (Å²) in [7, 11) is 0. The summed E-state index contributed by atoms with van der Waals surface area (Å²) in [6, 6.07) is 39.9. The fourth-order valence-electron chi connectivity index (χ4n) is 10.0. The van der Waals surface area contributed by atoms with Gasteiger partial charge in [0.05, 0.1) is 0 Å². The standard InChI is InChI=1S/C44H35B2N/c1-24-18-26(3)40(27(4)19-24)45-34-16-11-17-35-42(34)47-43-36(45)22-30-12-7-9-14-32(30)38(43)39-33-15-10-8-13-31(33)23-37(44(39)47)46(35)41-28(5)20-25(2)21-29(41)6/h7-23H,1-6H3. The van der Waals surface area contributed by atoms with Crippen molar-refractivity contribution in [1.82, 2.24) is 4.57 Å². The zero-order valence-electron chi connectivity index (χ0n) is 27.9. The SMILES string of the molecule is Cc1cc(C)c(B2c3cccc4c3-n3c5c2cc2ccccc2c5c2c5ccccc5cc(c23)B4c2c(C)cc(C)cc2C)c(C)c1. The van der Waals surface area contributed by atoms with Crippen LogP contribution in [0.1, 0.15) is 33.4 Å². The highest BCUT2D eigenvalue weighted by molar-refractivity contribution is 7.02. The van der Waals surface area contributed by atoms with E-state index in [1.54, 1.807) is 0 Å². The van der Waals surface area contributed by atoms with Gasteiger partial charge in [0.15, 0.2) is 0 Å². The third kappa shape index (κ3) is 3.42. The zero-order chi connectivity index (χ0) is 31.9. The van der Waals surface area contributed by atoms with Gasteiger partial charge >= 0.3 is 0 Å². The fourth-order valence-corrected chi connectivity index (χ4v) is 10.0. The minimum absolute atomic E-state index is 0.142. The summed E-state index contributed by atoms with van der Waals surface area (Å²) in [5.74, 6) is 0. The Morgan fingerprint density at radius 2 is 0.830 bits per heavy atom. The van der Waals surface area contributed by atoms with Crippen molar-refractivity contribution in [2.75, 3.05) is 0 Å². The van der Waals surface area contributed by atoms with Gasteiger partial charge in [-0.2, -0.15) is 0 Å². The summed E-state index contributed by atoms with van der Waals surface area (Å²) in [6.07, 6.45) is 0. The molecule has 47 heavy (non-hydrogen) atoms. The third-order valence-corrected chi connectivity index (χ3v) is 11.4. The number of benzene rings is 7. The summed E-state index contributed by atoms with van der Waals surface area (Å²) in [6.45, 7) is 14.0. The Morgan fingerprint density at radius 1 is 0.426 bits per heavy atom. The molecule has 2 aliphatic heterocycles. The molecule has 0 aliphatic carbocycles. The van der Waals surface area contributed by atoms with Crippen LogP contribution in [0.2, 0.25) is 0 Å². The van der Waals surface area contributed by atoms with Gasteiger partial charge in [0.25, 0.3) is 0 Å². The van der Waals surface area contributed by atoms with Gasteiger partial charge in [-0.05, 0) is 84.9 Å². The maximum Gasteiger partial charge on any atom is 0.247 e. The summed E-state index contributed by atoms with van der Waals surface area (Å²) in [5.41, 5.74) is 20.9. The van der Waals surface area contributed by atoms with Crippen molar-refractivity contribution < 1.29 is 0 Å². The van der Waals surface area contributed by atoms with Crippen LogP contribution in [0.5, 0.6) is 0 Å². The van der Waals surface area contributed by atoms with Gasteiger partial charge < -0.3 is 4.57 Å². The highest BCUT2D eigenvalue weighted by atomic mass is 15.0. The van der Waals surface area contributed by atoms with Gasteiger partial charge in [-0.25, -0.2) is 0 Å². The molecular weight excluding hydrogens is 564 g/mol. The first kappa shape index (κ1) is 27.1. The molecule has 10 rings (SSSR count). The molecule has 0 saturated heterocycles. The molecule has 3 heterocycles. The number of fused-ring (bicyclic) bond motifs is 5. The number of aromatic nitrogens is 1. The van der Waals surface area contributed by atoms with E-state index < -0.39 is 0 Å². The van der Waals surface area contributed by atoms with Crippen molar-refractivity contribution >= 4 is 89.6 Å². The summed E-state index contributed by atoms with van der Waals surface area (Å²) < 4.78 is 2.70. The van der Waals surface area contributed by atoms with Crippen molar-refractivity contribution in [3.8, 4) is 5.69 Å². The summed E-state index contributed by atoms with van der Waals surface area (Å²) in [4.78, 5) is 0. The molecule has 0 atom stereocenters. The quantitative estimate of drug-likeness (QED) is 0.198. The molecule has 222 valence electrons. The third-order valence-electron chi connectivity index (χ3n) is 11.4.